The summed E-state index contributed by atoms with van der Waals surface area (Å²) >= 11 is 1.26. The number of aromatic nitrogens is 3. The van der Waals surface area contributed by atoms with Gasteiger partial charge in [-0.1, -0.05) is 24.8 Å². The standard InChI is InChI=1S/C14H17N3O2S/c1-2-12-9-16-14(20-10-13(18)19)17(12)7-5-11-4-3-6-15-8-11/h3-4,6,8-9H,2,5,7,10H2,1H3,(H,18,19). The average Bonchev–Trinajstić information content (AvgIpc) is 2.86. The van der Waals surface area contributed by atoms with Gasteiger partial charge in [0.25, 0.3) is 0 Å². The third kappa shape index (κ3) is 3.84. The van der Waals surface area contributed by atoms with E-state index in [4.69, 9.17) is 5.11 Å². The summed E-state index contributed by atoms with van der Waals surface area (Å²) < 4.78 is 2.10. The minimum Gasteiger partial charge on any atom is -0.481 e. The zero-order valence-electron chi connectivity index (χ0n) is 11.3. The second kappa shape index (κ2) is 7.09. The van der Waals surface area contributed by atoms with E-state index in [-0.39, 0.29) is 5.75 Å². The first-order valence-electron chi connectivity index (χ1n) is 6.48. The van der Waals surface area contributed by atoms with Gasteiger partial charge in [0, 0.05) is 30.8 Å². The van der Waals surface area contributed by atoms with E-state index in [0.29, 0.717) is 0 Å². The predicted molar refractivity (Wildman–Crippen MR) is 77.9 cm³/mol. The summed E-state index contributed by atoms with van der Waals surface area (Å²) in [6.07, 6.45) is 7.18. The van der Waals surface area contributed by atoms with Crippen LogP contribution in [0.5, 0.6) is 0 Å². The molecule has 0 aliphatic rings. The molecule has 0 amide bonds. The van der Waals surface area contributed by atoms with Gasteiger partial charge in [0.05, 0.1) is 5.75 Å². The van der Waals surface area contributed by atoms with Crippen LogP contribution in [0.3, 0.4) is 0 Å². The smallest absolute Gasteiger partial charge is 0.313 e. The lowest BCUT2D eigenvalue weighted by Crippen LogP contribution is -2.08. The normalized spacial score (nSPS) is 10.7. The van der Waals surface area contributed by atoms with Crippen molar-refractivity contribution in [1.82, 2.24) is 14.5 Å². The number of nitrogens with zero attached hydrogens (tertiary/aromatic N) is 3. The quantitative estimate of drug-likeness (QED) is 0.793. The van der Waals surface area contributed by atoms with E-state index in [1.165, 1.54) is 11.8 Å². The van der Waals surface area contributed by atoms with Crippen molar-refractivity contribution in [2.75, 3.05) is 5.75 Å². The Labute approximate surface area is 122 Å². The molecule has 2 aromatic rings. The van der Waals surface area contributed by atoms with Gasteiger partial charge in [-0.2, -0.15) is 0 Å². The molecule has 0 atom stereocenters. The van der Waals surface area contributed by atoms with Crippen LogP contribution in [-0.4, -0.2) is 31.4 Å². The summed E-state index contributed by atoms with van der Waals surface area (Å²) in [7, 11) is 0. The molecule has 106 valence electrons. The summed E-state index contributed by atoms with van der Waals surface area (Å²) in [6.45, 7) is 2.86. The molecule has 5 nitrogen and oxygen atoms in total. The average molecular weight is 291 g/mol. The SMILES string of the molecule is CCc1cnc(SCC(=O)O)n1CCc1cccnc1. The molecular formula is C14H17N3O2S. The van der Waals surface area contributed by atoms with E-state index in [2.05, 4.69) is 21.5 Å². The number of pyridine rings is 1. The van der Waals surface area contributed by atoms with Crippen molar-refractivity contribution in [1.29, 1.82) is 0 Å². The molecule has 1 N–H and O–H groups in total. The highest BCUT2D eigenvalue weighted by Crippen LogP contribution is 2.19. The molecular weight excluding hydrogens is 274 g/mol. The molecule has 6 heteroatoms. The maximum Gasteiger partial charge on any atom is 0.313 e. The Balaban J connectivity index is 2.08. The molecule has 0 spiro atoms. The van der Waals surface area contributed by atoms with Gasteiger partial charge in [0.2, 0.25) is 0 Å². The highest BCUT2D eigenvalue weighted by molar-refractivity contribution is 7.99. The number of hydrogen-bond donors (Lipinski definition) is 1. The molecule has 2 heterocycles. The third-order valence-electron chi connectivity index (χ3n) is 2.94. The Morgan fingerprint density at radius 2 is 2.30 bits per heavy atom. The number of hydrogen-bond acceptors (Lipinski definition) is 4. The van der Waals surface area contributed by atoms with Gasteiger partial charge in [-0.25, -0.2) is 4.98 Å². The van der Waals surface area contributed by atoms with E-state index in [0.717, 1.165) is 35.8 Å². The molecule has 0 aliphatic heterocycles. The van der Waals surface area contributed by atoms with Gasteiger partial charge >= 0.3 is 5.97 Å². The van der Waals surface area contributed by atoms with E-state index in [1.54, 1.807) is 6.20 Å². The van der Waals surface area contributed by atoms with Crippen molar-refractivity contribution in [3.05, 3.63) is 42.0 Å². The molecule has 20 heavy (non-hydrogen) atoms. The highest BCUT2D eigenvalue weighted by Gasteiger charge is 2.11. The fourth-order valence-corrected chi connectivity index (χ4v) is 2.69. The first-order chi connectivity index (χ1) is 9.70. The van der Waals surface area contributed by atoms with Crippen molar-refractivity contribution in [3.63, 3.8) is 0 Å². The highest BCUT2D eigenvalue weighted by atomic mass is 32.2. The Morgan fingerprint density at radius 3 is 2.95 bits per heavy atom. The molecule has 0 bridgehead atoms. The van der Waals surface area contributed by atoms with Crippen LogP contribution in [0.15, 0.2) is 35.9 Å². The predicted octanol–water partition coefficient (Wildman–Crippen LogP) is 2.26. The van der Waals surface area contributed by atoms with Crippen LogP contribution in [0, 0.1) is 0 Å². The molecule has 2 aromatic heterocycles. The van der Waals surface area contributed by atoms with Gasteiger partial charge in [0.1, 0.15) is 0 Å². The fourth-order valence-electron chi connectivity index (χ4n) is 1.94. The van der Waals surface area contributed by atoms with Gasteiger partial charge < -0.3 is 9.67 Å². The van der Waals surface area contributed by atoms with Gasteiger partial charge in [-0.05, 0) is 24.5 Å². The van der Waals surface area contributed by atoms with Crippen LogP contribution in [0.1, 0.15) is 18.2 Å². The lowest BCUT2D eigenvalue weighted by Gasteiger charge is -2.10. The minimum absolute atomic E-state index is 0.0348. The molecule has 0 saturated carbocycles. The van der Waals surface area contributed by atoms with Crippen molar-refractivity contribution in [3.8, 4) is 0 Å². The number of carboxylic acid groups (broad SMARTS) is 1. The van der Waals surface area contributed by atoms with Gasteiger partial charge in [0.15, 0.2) is 5.16 Å². The van der Waals surface area contributed by atoms with E-state index in [1.807, 2.05) is 24.5 Å². The van der Waals surface area contributed by atoms with Crippen molar-refractivity contribution in [2.45, 2.75) is 31.5 Å². The van der Waals surface area contributed by atoms with Crippen molar-refractivity contribution >= 4 is 17.7 Å². The molecule has 0 saturated heterocycles. The van der Waals surface area contributed by atoms with Crippen LogP contribution >= 0.6 is 11.8 Å². The lowest BCUT2D eigenvalue weighted by atomic mass is 10.2. The zero-order chi connectivity index (χ0) is 14.4. The van der Waals surface area contributed by atoms with Crippen molar-refractivity contribution in [2.24, 2.45) is 0 Å². The minimum atomic E-state index is -0.824. The van der Waals surface area contributed by atoms with Crippen LogP contribution in [-0.2, 0) is 24.2 Å². The maximum atomic E-state index is 10.7. The number of rotatable bonds is 7. The largest absolute Gasteiger partial charge is 0.481 e. The number of imidazole rings is 1. The van der Waals surface area contributed by atoms with Gasteiger partial charge in [-0.3, -0.25) is 9.78 Å². The summed E-state index contributed by atoms with van der Waals surface area (Å²) in [5.41, 5.74) is 2.29. The number of carboxylic acids is 1. The molecule has 0 unspecified atom stereocenters. The lowest BCUT2D eigenvalue weighted by molar-refractivity contribution is -0.133. The monoisotopic (exact) mass is 291 g/mol. The molecule has 0 radical (unpaired) electrons. The summed E-state index contributed by atoms with van der Waals surface area (Å²) in [5.74, 6) is -0.789. The fraction of sp³-hybridized carbons (Fsp3) is 0.357. The number of carbonyl (C=O) groups is 1. The Hall–Kier alpha value is -1.82. The molecule has 0 aliphatic carbocycles. The Bertz CT molecular complexity index is 569. The van der Waals surface area contributed by atoms with Crippen LogP contribution in [0.2, 0.25) is 0 Å². The molecule has 2 rings (SSSR count). The van der Waals surface area contributed by atoms with Crippen LogP contribution in [0.25, 0.3) is 0 Å². The first kappa shape index (κ1) is 14.6. The maximum absolute atomic E-state index is 10.7. The number of thioether (sulfide) groups is 1. The zero-order valence-corrected chi connectivity index (χ0v) is 12.1. The topological polar surface area (TPSA) is 68.0 Å². The summed E-state index contributed by atoms with van der Waals surface area (Å²) in [5, 5.41) is 9.54. The summed E-state index contributed by atoms with van der Waals surface area (Å²) in [4.78, 5) is 19.1. The van der Waals surface area contributed by atoms with Crippen LogP contribution in [0.4, 0.5) is 0 Å². The first-order valence-corrected chi connectivity index (χ1v) is 7.47. The van der Waals surface area contributed by atoms with Gasteiger partial charge in [-0.15, -0.1) is 0 Å². The summed E-state index contributed by atoms with van der Waals surface area (Å²) in [6, 6.07) is 3.96. The number of aryl methyl sites for hydroxylation is 2. The van der Waals surface area contributed by atoms with Crippen LogP contribution < -0.4 is 0 Å². The third-order valence-corrected chi connectivity index (χ3v) is 3.91. The molecule has 0 fully saturated rings. The second-order valence-corrected chi connectivity index (χ2v) is 5.27. The van der Waals surface area contributed by atoms with Crippen molar-refractivity contribution < 1.29 is 9.90 Å². The van der Waals surface area contributed by atoms with E-state index < -0.39 is 5.97 Å². The Kier molecular flexibility index (Phi) is 5.17. The molecule has 0 aromatic carbocycles. The number of aliphatic carboxylic acids is 1. The second-order valence-electron chi connectivity index (χ2n) is 4.33. The van der Waals surface area contributed by atoms with E-state index >= 15 is 0 Å². The Morgan fingerprint density at radius 1 is 1.45 bits per heavy atom. The van der Waals surface area contributed by atoms with E-state index in [9.17, 15) is 4.79 Å².